The van der Waals surface area contributed by atoms with E-state index in [1.54, 1.807) is 31.3 Å². The summed E-state index contributed by atoms with van der Waals surface area (Å²) in [4.78, 5) is 0. The van der Waals surface area contributed by atoms with Crippen LogP contribution in [0.25, 0.3) is 0 Å². The standard InChI is InChI=1S/C14H12ClF2N/c1-18-14(9-4-2-5-10(16)8-9)11-6-3-7-12(15)13(11)17/h2-8,14,18H,1H3. The van der Waals surface area contributed by atoms with Crippen LogP contribution >= 0.6 is 11.6 Å². The van der Waals surface area contributed by atoms with Gasteiger partial charge >= 0.3 is 0 Å². The highest BCUT2D eigenvalue weighted by Crippen LogP contribution is 2.28. The van der Waals surface area contributed by atoms with E-state index in [9.17, 15) is 8.78 Å². The fraction of sp³-hybridized carbons (Fsp3) is 0.143. The van der Waals surface area contributed by atoms with E-state index < -0.39 is 11.9 Å². The highest BCUT2D eigenvalue weighted by Gasteiger charge is 2.18. The molecule has 0 bridgehead atoms. The molecule has 0 saturated heterocycles. The van der Waals surface area contributed by atoms with Crippen LogP contribution in [0.4, 0.5) is 8.78 Å². The predicted octanol–water partition coefficient (Wildman–Crippen LogP) is 3.93. The summed E-state index contributed by atoms with van der Waals surface area (Å²) < 4.78 is 27.2. The number of rotatable bonds is 3. The number of hydrogen-bond donors (Lipinski definition) is 1. The molecule has 0 aromatic heterocycles. The molecule has 0 aliphatic heterocycles. The number of benzene rings is 2. The third kappa shape index (κ3) is 2.52. The maximum absolute atomic E-state index is 14.0. The Morgan fingerprint density at radius 2 is 1.83 bits per heavy atom. The van der Waals surface area contributed by atoms with Gasteiger partial charge in [0, 0.05) is 5.56 Å². The van der Waals surface area contributed by atoms with Gasteiger partial charge in [-0.2, -0.15) is 0 Å². The Kier molecular flexibility index (Phi) is 3.94. The van der Waals surface area contributed by atoms with Gasteiger partial charge < -0.3 is 5.32 Å². The molecule has 2 rings (SSSR count). The van der Waals surface area contributed by atoms with Crippen LogP contribution in [-0.4, -0.2) is 7.05 Å². The van der Waals surface area contributed by atoms with Crippen molar-refractivity contribution in [3.8, 4) is 0 Å². The van der Waals surface area contributed by atoms with Gasteiger partial charge in [0.1, 0.15) is 11.6 Å². The number of hydrogen-bond acceptors (Lipinski definition) is 1. The second-order valence-corrected chi connectivity index (χ2v) is 4.33. The molecule has 0 heterocycles. The summed E-state index contributed by atoms with van der Waals surface area (Å²) in [6.07, 6.45) is 0. The Morgan fingerprint density at radius 1 is 1.11 bits per heavy atom. The van der Waals surface area contributed by atoms with Crippen LogP contribution in [0.5, 0.6) is 0 Å². The summed E-state index contributed by atoms with van der Waals surface area (Å²) in [5, 5.41) is 3.02. The first kappa shape index (κ1) is 13.0. The molecule has 0 saturated carbocycles. The van der Waals surface area contributed by atoms with Crippen molar-refractivity contribution in [2.75, 3.05) is 7.05 Å². The molecule has 0 aliphatic rings. The van der Waals surface area contributed by atoms with Gasteiger partial charge in [-0.1, -0.05) is 35.9 Å². The Labute approximate surface area is 109 Å². The Bertz CT molecular complexity index is 557. The summed E-state index contributed by atoms with van der Waals surface area (Å²) in [6, 6.07) is 10.4. The molecular weight excluding hydrogens is 256 g/mol. The minimum Gasteiger partial charge on any atom is -0.309 e. The normalized spacial score (nSPS) is 12.4. The van der Waals surface area contributed by atoms with Gasteiger partial charge in [0.25, 0.3) is 0 Å². The highest BCUT2D eigenvalue weighted by atomic mass is 35.5. The zero-order valence-corrected chi connectivity index (χ0v) is 10.5. The second kappa shape index (κ2) is 5.46. The van der Waals surface area contributed by atoms with Crippen molar-refractivity contribution in [2.24, 2.45) is 0 Å². The van der Waals surface area contributed by atoms with E-state index in [-0.39, 0.29) is 10.8 Å². The van der Waals surface area contributed by atoms with E-state index in [2.05, 4.69) is 5.32 Å². The molecule has 1 atom stereocenters. The van der Waals surface area contributed by atoms with Gasteiger partial charge in [0.15, 0.2) is 0 Å². The van der Waals surface area contributed by atoms with Crippen LogP contribution in [0.15, 0.2) is 42.5 Å². The third-order valence-electron chi connectivity index (χ3n) is 2.76. The SMILES string of the molecule is CNC(c1cccc(F)c1)c1cccc(Cl)c1F. The van der Waals surface area contributed by atoms with Gasteiger partial charge in [-0.05, 0) is 30.8 Å². The maximum Gasteiger partial charge on any atom is 0.146 e. The molecule has 94 valence electrons. The van der Waals surface area contributed by atoms with E-state index in [0.717, 1.165) is 0 Å². The monoisotopic (exact) mass is 267 g/mol. The molecule has 2 aromatic carbocycles. The average Bonchev–Trinajstić information content (AvgIpc) is 2.35. The van der Waals surface area contributed by atoms with Crippen LogP contribution in [0.3, 0.4) is 0 Å². The molecule has 0 radical (unpaired) electrons. The quantitative estimate of drug-likeness (QED) is 0.889. The van der Waals surface area contributed by atoms with Crippen LogP contribution in [0, 0.1) is 11.6 Å². The zero-order valence-electron chi connectivity index (χ0n) is 9.75. The number of nitrogens with one attached hydrogen (secondary N) is 1. The van der Waals surface area contributed by atoms with Crippen molar-refractivity contribution in [2.45, 2.75) is 6.04 Å². The van der Waals surface area contributed by atoms with Gasteiger partial charge in [0.2, 0.25) is 0 Å². The minimum atomic E-state index is -0.484. The summed E-state index contributed by atoms with van der Waals surface area (Å²) in [5.74, 6) is -0.835. The van der Waals surface area contributed by atoms with E-state index in [0.29, 0.717) is 11.1 Å². The Hall–Kier alpha value is -1.45. The van der Waals surface area contributed by atoms with E-state index in [1.807, 2.05) is 0 Å². The number of halogens is 3. The molecule has 18 heavy (non-hydrogen) atoms. The van der Waals surface area contributed by atoms with Gasteiger partial charge in [-0.15, -0.1) is 0 Å². The van der Waals surface area contributed by atoms with Crippen molar-refractivity contribution in [1.82, 2.24) is 5.32 Å². The van der Waals surface area contributed by atoms with Gasteiger partial charge in [-0.3, -0.25) is 0 Å². The lowest BCUT2D eigenvalue weighted by atomic mass is 9.98. The zero-order chi connectivity index (χ0) is 13.1. The van der Waals surface area contributed by atoms with Crippen molar-refractivity contribution in [1.29, 1.82) is 0 Å². The first-order valence-electron chi connectivity index (χ1n) is 5.50. The smallest absolute Gasteiger partial charge is 0.146 e. The first-order valence-corrected chi connectivity index (χ1v) is 5.88. The van der Waals surface area contributed by atoms with E-state index in [1.165, 1.54) is 18.2 Å². The molecule has 0 fully saturated rings. The summed E-state index contributed by atoms with van der Waals surface area (Å²) in [7, 11) is 1.69. The van der Waals surface area contributed by atoms with Crippen LogP contribution in [0.2, 0.25) is 5.02 Å². The lowest BCUT2D eigenvalue weighted by Crippen LogP contribution is -2.19. The van der Waals surface area contributed by atoms with E-state index >= 15 is 0 Å². The van der Waals surface area contributed by atoms with Crippen molar-refractivity contribution >= 4 is 11.6 Å². The average molecular weight is 268 g/mol. The first-order chi connectivity index (χ1) is 8.63. The maximum atomic E-state index is 14.0. The minimum absolute atomic E-state index is 0.0594. The lowest BCUT2D eigenvalue weighted by Gasteiger charge is -2.18. The van der Waals surface area contributed by atoms with Crippen LogP contribution < -0.4 is 5.32 Å². The lowest BCUT2D eigenvalue weighted by molar-refractivity contribution is 0.572. The Balaban J connectivity index is 2.49. The second-order valence-electron chi connectivity index (χ2n) is 3.92. The molecule has 4 heteroatoms. The third-order valence-corrected chi connectivity index (χ3v) is 3.06. The molecular formula is C14H12ClF2N. The Morgan fingerprint density at radius 3 is 2.50 bits per heavy atom. The molecule has 1 N–H and O–H groups in total. The van der Waals surface area contributed by atoms with Crippen molar-refractivity contribution in [3.63, 3.8) is 0 Å². The fourth-order valence-electron chi connectivity index (χ4n) is 1.93. The topological polar surface area (TPSA) is 12.0 Å². The highest BCUT2D eigenvalue weighted by molar-refractivity contribution is 6.30. The largest absolute Gasteiger partial charge is 0.309 e. The van der Waals surface area contributed by atoms with Crippen LogP contribution in [-0.2, 0) is 0 Å². The van der Waals surface area contributed by atoms with Gasteiger partial charge in [0.05, 0.1) is 11.1 Å². The molecule has 0 aliphatic carbocycles. The summed E-state index contributed by atoms with van der Waals surface area (Å²) in [6.45, 7) is 0. The molecule has 1 unspecified atom stereocenters. The molecule has 2 aromatic rings. The van der Waals surface area contributed by atoms with E-state index in [4.69, 9.17) is 11.6 Å². The molecule has 0 amide bonds. The van der Waals surface area contributed by atoms with Gasteiger partial charge in [-0.25, -0.2) is 8.78 Å². The summed E-state index contributed by atoms with van der Waals surface area (Å²) >= 11 is 5.76. The summed E-state index contributed by atoms with van der Waals surface area (Å²) in [5.41, 5.74) is 1.05. The van der Waals surface area contributed by atoms with Crippen LogP contribution in [0.1, 0.15) is 17.2 Å². The van der Waals surface area contributed by atoms with Crippen molar-refractivity contribution in [3.05, 3.63) is 70.2 Å². The predicted molar refractivity (Wildman–Crippen MR) is 68.7 cm³/mol. The molecule has 1 nitrogen and oxygen atoms in total. The fourth-order valence-corrected chi connectivity index (χ4v) is 2.11. The van der Waals surface area contributed by atoms with Crippen molar-refractivity contribution < 1.29 is 8.78 Å². The molecule has 0 spiro atoms.